The predicted molar refractivity (Wildman–Crippen MR) is 98.0 cm³/mol. The van der Waals surface area contributed by atoms with Gasteiger partial charge in [-0.1, -0.05) is 12.1 Å². The smallest absolute Gasteiger partial charge is 0.337 e. The zero-order valence-corrected chi connectivity index (χ0v) is 15.5. The fourth-order valence-electron chi connectivity index (χ4n) is 2.78. The molecule has 6 nitrogen and oxygen atoms in total. The number of esters is 1. The van der Waals surface area contributed by atoms with Gasteiger partial charge in [-0.2, -0.15) is 0 Å². The third-order valence-electron chi connectivity index (χ3n) is 4.10. The molecule has 25 heavy (non-hydrogen) atoms. The van der Waals surface area contributed by atoms with E-state index in [1.165, 1.54) is 0 Å². The fourth-order valence-corrected chi connectivity index (χ4v) is 2.78. The topological polar surface area (TPSA) is 71.6 Å². The maximum absolute atomic E-state index is 12.2. The average Bonchev–Trinajstić information content (AvgIpc) is 2.61. The van der Waals surface area contributed by atoms with Gasteiger partial charge in [-0.25, -0.2) is 4.79 Å². The Kier molecular flexibility index (Phi) is 7.13. The Hall–Kier alpha value is -2.21. The van der Waals surface area contributed by atoms with Gasteiger partial charge in [-0.05, 0) is 51.3 Å². The monoisotopic (exact) mass is 347 g/mol. The van der Waals surface area contributed by atoms with E-state index in [4.69, 9.17) is 9.47 Å². The number of nitrogens with one attached hydrogen (secondary N) is 3. The summed E-state index contributed by atoms with van der Waals surface area (Å²) in [5.74, 6) is 1.31. The molecule has 0 radical (unpaired) electrons. The number of hydrogen-bond acceptors (Lipinski definition) is 6. The van der Waals surface area contributed by atoms with Gasteiger partial charge in [0.05, 0.1) is 32.0 Å². The van der Waals surface area contributed by atoms with E-state index < -0.39 is 0 Å². The maximum atomic E-state index is 12.2. The van der Waals surface area contributed by atoms with Crippen molar-refractivity contribution in [3.05, 3.63) is 41.2 Å². The molecule has 1 aromatic rings. The first-order valence-electron chi connectivity index (χ1n) is 8.83. The number of carbonyl (C=O) groups excluding carboxylic acids is 1. The van der Waals surface area contributed by atoms with Crippen molar-refractivity contribution in [3.8, 4) is 5.75 Å². The Morgan fingerprint density at radius 2 is 2.20 bits per heavy atom. The lowest BCUT2D eigenvalue weighted by molar-refractivity contribution is -0.138. The molecule has 0 aromatic heterocycles. The van der Waals surface area contributed by atoms with Gasteiger partial charge in [0.25, 0.3) is 0 Å². The molecule has 3 N–H and O–H groups in total. The summed E-state index contributed by atoms with van der Waals surface area (Å²) in [6, 6.07) is 8.48. The molecular formula is C19H29N3O3. The highest BCUT2D eigenvalue weighted by molar-refractivity contribution is 5.89. The van der Waals surface area contributed by atoms with Gasteiger partial charge < -0.3 is 20.1 Å². The lowest BCUT2D eigenvalue weighted by Gasteiger charge is -2.30. The molecule has 1 aromatic carbocycles. The first-order chi connectivity index (χ1) is 12.0. The summed E-state index contributed by atoms with van der Waals surface area (Å²) in [6.07, 6.45) is 1.49. The third kappa shape index (κ3) is 5.39. The van der Waals surface area contributed by atoms with E-state index in [0.29, 0.717) is 31.3 Å². The number of hydrogen-bond donors (Lipinski definition) is 3. The number of ether oxygens (including phenoxy) is 2. The van der Waals surface area contributed by atoms with Gasteiger partial charge in [0.1, 0.15) is 11.6 Å². The molecule has 1 heterocycles. The summed E-state index contributed by atoms with van der Waals surface area (Å²) in [5, 5.41) is 10.1. The minimum atomic E-state index is -0.258. The van der Waals surface area contributed by atoms with Crippen LogP contribution in [0.4, 0.5) is 0 Å². The van der Waals surface area contributed by atoms with Crippen LogP contribution in [0.25, 0.3) is 0 Å². The van der Waals surface area contributed by atoms with Crippen molar-refractivity contribution in [3.63, 3.8) is 0 Å². The van der Waals surface area contributed by atoms with Crippen LogP contribution in [-0.4, -0.2) is 32.4 Å². The van der Waals surface area contributed by atoms with E-state index >= 15 is 0 Å². The number of benzene rings is 1. The molecule has 0 saturated carbocycles. The Morgan fingerprint density at radius 3 is 2.88 bits per heavy atom. The molecule has 1 aliphatic rings. The Labute approximate surface area is 150 Å². The normalized spacial score (nSPS) is 17.2. The highest BCUT2D eigenvalue weighted by Gasteiger charge is 2.26. The van der Waals surface area contributed by atoms with Gasteiger partial charge in [-0.3, -0.25) is 5.32 Å². The van der Waals surface area contributed by atoms with Crippen LogP contribution in [0.1, 0.15) is 45.2 Å². The number of carbonyl (C=O) groups is 1. The zero-order valence-electron chi connectivity index (χ0n) is 15.5. The molecule has 0 aliphatic carbocycles. The Bertz CT molecular complexity index is 614. The summed E-state index contributed by atoms with van der Waals surface area (Å²) in [4.78, 5) is 12.2. The number of rotatable bonds is 8. The van der Waals surface area contributed by atoms with Crippen molar-refractivity contribution >= 4 is 5.97 Å². The van der Waals surface area contributed by atoms with E-state index in [0.717, 1.165) is 23.6 Å². The van der Waals surface area contributed by atoms with Gasteiger partial charge in [0.2, 0.25) is 0 Å². The first kappa shape index (κ1) is 19.1. The molecule has 6 heteroatoms. The van der Waals surface area contributed by atoms with Crippen LogP contribution >= 0.6 is 0 Å². The quantitative estimate of drug-likeness (QED) is 0.496. The lowest BCUT2D eigenvalue weighted by Crippen LogP contribution is -2.41. The molecular weight excluding hydrogens is 318 g/mol. The van der Waals surface area contributed by atoms with Crippen molar-refractivity contribution in [1.82, 2.24) is 16.0 Å². The predicted octanol–water partition coefficient (Wildman–Crippen LogP) is 2.44. The number of methoxy groups -OCH3 is 1. The highest BCUT2D eigenvalue weighted by Crippen LogP contribution is 2.29. The van der Waals surface area contributed by atoms with Crippen molar-refractivity contribution in [2.75, 3.05) is 20.4 Å². The maximum Gasteiger partial charge on any atom is 0.337 e. The molecule has 0 amide bonds. The summed E-state index contributed by atoms with van der Waals surface area (Å²) < 4.78 is 10.5. The van der Waals surface area contributed by atoms with E-state index in [1.54, 1.807) is 7.11 Å². The van der Waals surface area contributed by atoms with Crippen molar-refractivity contribution in [1.29, 1.82) is 0 Å². The second-order valence-corrected chi connectivity index (χ2v) is 6.30. The molecule has 0 unspecified atom stereocenters. The minimum absolute atomic E-state index is 0.120. The van der Waals surface area contributed by atoms with Crippen LogP contribution in [0, 0.1) is 0 Å². The van der Waals surface area contributed by atoms with Crippen molar-refractivity contribution < 1.29 is 14.3 Å². The zero-order chi connectivity index (χ0) is 18.2. The van der Waals surface area contributed by atoms with Crippen LogP contribution in [-0.2, 0) is 9.53 Å². The lowest BCUT2D eigenvalue weighted by atomic mass is 9.95. The van der Waals surface area contributed by atoms with Crippen LogP contribution in [0.15, 0.2) is 35.7 Å². The third-order valence-corrected chi connectivity index (χ3v) is 4.10. The van der Waals surface area contributed by atoms with Crippen LogP contribution in [0.2, 0.25) is 0 Å². The largest absolute Gasteiger partial charge is 0.497 e. The van der Waals surface area contributed by atoms with Crippen LogP contribution < -0.4 is 20.7 Å². The van der Waals surface area contributed by atoms with E-state index in [9.17, 15) is 4.79 Å². The molecule has 0 spiro atoms. The molecule has 2 rings (SSSR count). The second-order valence-electron chi connectivity index (χ2n) is 6.30. The Morgan fingerprint density at radius 1 is 1.40 bits per heavy atom. The molecule has 0 saturated heterocycles. The Balaban J connectivity index is 2.17. The molecule has 1 aliphatic heterocycles. The van der Waals surface area contributed by atoms with Crippen LogP contribution in [0.3, 0.4) is 0 Å². The molecule has 0 bridgehead atoms. The van der Waals surface area contributed by atoms with Crippen LogP contribution in [0.5, 0.6) is 5.75 Å². The summed E-state index contributed by atoms with van der Waals surface area (Å²) in [7, 11) is 1.66. The average molecular weight is 347 g/mol. The summed E-state index contributed by atoms with van der Waals surface area (Å²) in [5.41, 5.74) is 1.81. The SMILES string of the molecule is CCOC(=O)C1=C(NCNC(C)C)N[C@@H](c2cccc(OC)c2)CC1. The summed E-state index contributed by atoms with van der Waals surface area (Å²) >= 11 is 0. The standard InChI is InChI=1S/C19H29N3O3/c1-5-25-19(23)16-9-10-17(14-7-6-8-15(11-14)24-4)22-18(16)21-12-20-13(2)3/h6-8,11,13,17,20-22H,5,9-10,12H2,1-4H3/t17-/m1/s1. The van der Waals surface area contributed by atoms with E-state index in [1.807, 2.05) is 25.1 Å². The second kappa shape index (κ2) is 9.32. The van der Waals surface area contributed by atoms with Gasteiger partial charge in [-0.15, -0.1) is 0 Å². The van der Waals surface area contributed by atoms with E-state index in [2.05, 4.69) is 35.9 Å². The van der Waals surface area contributed by atoms with Gasteiger partial charge in [0, 0.05) is 6.04 Å². The van der Waals surface area contributed by atoms with Crippen molar-refractivity contribution in [2.24, 2.45) is 0 Å². The molecule has 138 valence electrons. The van der Waals surface area contributed by atoms with Gasteiger partial charge >= 0.3 is 5.97 Å². The fraction of sp³-hybridized carbons (Fsp3) is 0.526. The van der Waals surface area contributed by atoms with Gasteiger partial charge in [0.15, 0.2) is 0 Å². The minimum Gasteiger partial charge on any atom is -0.497 e. The van der Waals surface area contributed by atoms with E-state index in [-0.39, 0.29) is 12.0 Å². The highest BCUT2D eigenvalue weighted by atomic mass is 16.5. The van der Waals surface area contributed by atoms with Crippen molar-refractivity contribution in [2.45, 2.75) is 45.7 Å². The summed E-state index contributed by atoms with van der Waals surface area (Å²) in [6.45, 7) is 6.93. The first-order valence-corrected chi connectivity index (χ1v) is 8.83. The molecule has 0 fully saturated rings. The molecule has 1 atom stereocenters.